The van der Waals surface area contributed by atoms with Crippen LogP contribution in [-0.4, -0.2) is 44.3 Å². The second kappa shape index (κ2) is 4.80. The lowest BCUT2D eigenvalue weighted by molar-refractivity contribution is -0.137. The maximum absolute atomic E-state index is 12.4. The van der Waals surface area contributed by atoms with Crippen LogP contribution in [0.5, 0.6) is 0 Å². The van der Waals surface area contributed by atoms with Gasteiger partial charge < -0.3 is 10.0 Å². The van der Waals surface area contributed by atoms with Crippen LogP contribution >= 0.6 is 0 Å². The van der Waals surface area contributed by atoms with Crippen LogP contribution in [0.3, 0.4) is 0 Å². The van der Waals surface area contributed by atoms with Gasteiger partial charge in [-0.1, -0.05) is 0 Å². The van der Waals surface area contributed by atoms with E-state index in [1.54, 1.807) is 10.7 Å². The molecule has 18 heavy (non-hydrogen) atoms. The van der Waals surface area contributed by atoms with E-state index in [-0.39, 0.29) is 18.5 Å². The molecule has 0 radical (unpaired) electrons. The number of carbonyl (C=O) groups is 2. The van der Waals surface area contributed by atoms with E-state index < -0.39 is 5.97 Å². The molecule has 98 valence electrons. The summed E-state index contributed by atoms with van der Waals surface area (Å²) in [5, 5.41) is 13.1. The van der Waals surface area contributed by atoms with E-state index in [4.69, 9.17) is 5.11 Å². The van der Waals surface area contributed by atoms with E-state index in [9.17, 15) is 9.59 Å². The minimum absolute atomic E-state index is 0.0779. The van der Waals surface area contributed by atoms with E-state index >= 15 is 0 Å². The zero-order valence-electron chi connectivity index (χ0n) is 10.6. The number of aryl methyl sites for hydroxylation is 2. The Kier molecular flexibility index (Phi) is 3.36. The normalized spacial score (nSPS) is 14.6. The number of rotatable bonds is 5. The van der Waals surface area contributed by atoms with Gasteiger partial charge in [0.1, 0.15) is 12.2 Å². The van der Waals surface area contributed by atoms with Crippen molar-refractivity contribution in [3.8, 4) is 0 Å². The molecule has 1 aromatic rings. The van der Waals surface area contributed by atoms with Crippen molar-refractivity contribution >= 4 is 11.9 Å². The average molecular weight is 251 g/mol. The predicted molar refractivity (Wildman–Crippen MR) is 64.3 cm³/mol. The average Bonchev–Trinajstić information content (AvgIpc) is 3.08. The van der Waals surface area contributed by atoms with Gasteiger partial charge in [0.15, 0.2) is 0 Å². The number of carboxylic acid groups (broad SMARTS) is 1. The molecule has 1 heterocycles. The fourth-order valence-electron chi connectivity index (χ4n) is 2.00. The molecule has 1 fully saturated rings. The molecule has 1 aliphatic carbocycles. The van der Waals surface area contributed by atoms with Crippen molar-refractivity contribution in [1.82, 2.24) is 14.7 Å². The van der Waals surface area contributed by atoms with Crippen molar-refractivity contribution in [2.24, 2.45) is 0 Å². The zero-order valence-corrected chi connectivity index (χ0v) is 10.6. The molecule has 0 bridgehead atoms. The summed E-state index contributed by atoms with van der Waals surface area (Å²) >= 11 is 0. The highest BCUT2D eigenvalue weighted by Gasteiger charge is 2.35. The molecule has 0 aromatic carbocycles. The molecule has 1 aliphatic rings. The molecule has 6 heteroatoms. The van der Waals surface area contributed by atoms with E-state index in [0.29, 0.717) is 12.2 Å². The van der Waals surface area contributed by atoms with Crippen LogP contribution in [0.2, 0.25) is 0 Å². The minimum atomic E-state index is -0.977. The fourth-order valence-corrected chi connectivity index (χ4v) is 2.00. The smallest absolute Gasteiger partial charge is 0.323 e. The quantitative estimate of drug-likeness (QED) is 0.843. The molecule has 1 amide bonds. The van der Waals surface area contributed by atoms with Gasteiger partial charge in [-0.3, -0.25) is 14.3 Å². The van der Waals surface area contributed by atoms with Crippen molar-refractivity contribution in [3.05, 3.63) is 17.5 Å². The molecule has 0 saturated heterocycles. The Morgan fingerprint density at radius 3 is 2.72 bits per heavy atom. The first-order chi connectivity index (χ1) is 8.52. The van der Waals surface area contributed by atoms with Crippen molar-refractivity contribution in [3.63, 3.8) is 0 Å². The molecule has 2 rings (SSSR count). The van der Waals surface area contributed by atoms with Crippen molar-refractivity contribution in [2.45, 2.75) is 39.3 Å². The van der Waals surface area contributed by atoms with Crippen LogP contribution in [0.15, 0.2) is 6.07 Å². The van der Waals surface area contributed by atoms with Crippen molar-refractivity contribution < 1.29 is 14.7 Å². The Balaban J connectivity index is 2.24. The molecule has 0 spiro atoms. The molecule has 0 atom stereocenters. The van der Waals surface area contributed by atoms with Crippen LogP contribution in [-0.2, 0) is 11.3 Å². The topological polar surface area (TPSA) is 75.4 Å². The first-order valence-electron chi connectivity index (χ1n) is 6.10. The number of amides is 1. The Morgan fingerprint density at radius 2 is 2.22 bits per heavy atom. The van der Waals surface area contributed by atoms with E-state index in [1.165, 1.54) is 4.90 Å². The molecule has 0 aliphatic heterocycles. The minimum Gasteiger partial charge on any atom is -0.480 e. The Morgan fingerprint density at radius 1 is 1.56 bits per heavy atom. The van der Waals surface area contributed by atoms with Gasteiger partial charge in [-0.25, -0.2) is 0 Å². The maximum atomic E-state index is 12.4. The lowest BCUT2D eigenvalue weighted by Crippen LogP contribution is -2.38. The largest absolute Gasteiger partial charge is 0.480 e. The lowest BCUT2D eigenvalue weighted by Gasteiger charge is -2.20. The molecule has 6 nitrogen and oxygen atoms in total. The van der Waals surface area contributed by atoms with Gasteiger partial charge in [0.05, 0.1) is 5.69 Å². The summed E-state index contributed by atoms with van der Waals surface area (Å²) in [5.41, 5.74) is 1.24. The second-order valence-electron chi connectivity index (χ2n) is 4.54. The van der Waals surface area contributed by atoms with Gasteiger partial charge in [-0.2, -0.15) is 5.10 Å². The summed E-state index contributed by atoms with van der Waals surface area (Å²) in [5.74, 6) is -1.21. The number of carbonyl (C=O) groups excluding carboxylic acids is 1. The van der Waals surface area contributed by atoms with E-state index in [1.807, 2.05) is 13.8 Å². The highest BCUT2D eigenvalue weighted by Crippen LogP contribution is 2.28. The van der Waals surface area contributed by atoms with E-state index in [0.717, 1.165) is 18.5 Å². The van der Waals surface area contributed by atoms with Crippen molar-refractivity contribution in [1.29, 1.82) is 0 Å². The van der Waals surface area contributed by atoms with Crippen molar-refractivity contribution in [2.75, 3.05) is 6.54 Å². The maximum Gasteiger partial charge on any atom is 0.323 e. The lowest BCUT2D eigenvalue weighted by atomic mass is 10.3. The summed E-state index contributed by atoms with van der Waals surface area (Å²) in [6, 6.07) is 1.79. The Bertz CT molecular complexity index is 477. The number of aromatic nitrogens is 2. The molecule has 1 N–H and O–H groups in total. The first-order valence-corrected chi connectivity index (χ1v) is 6.10. The van der Waals surface area contributed by atoms with Gasteiger partial charge >= 0.3 is 5.97 Å². The molecular formula is C12H17N3O3. The number of carboxylic acids is 1. The fraction of sp³-hybridized carbons (Fsp3) is 0.583. The second-order valence-corrected chi connectivity index (χ2v) is 4.54. The SMILES string of the molecule is CCn1nc(C)cc1C(=O)N(CC(=O)O)C1CC1. The van der Waals surface area contributed by atoms with Crippen LogP contribution in [0, 0.1) is 6.92 Å². The number of hydrogen-bond acceptors (Lipinski definition) is 3. The summed E-state index contributed by atoms with van der Waals surface area (Å²) in [6.45, 7) is 4.08. The molecular weight excluding hydrogens is 234 g/mol. The summed E-state index contributed by atoms with van der Waals surface area (Å²) in [4.78, 5) is 24.6. The van der Waals surface area contributed by atoms with Gasteiger partial charge in [0, 0.05) is 12.6 Å². The highest BCUT2D eigenvalue weighted by molar-refractivity contribution is 5.95. The third-order valence-electron chi connectivity index (χ3n) is 2.97. The van der Waals surface area contributed by atoms with Gasteiger partial charge in [-0.15, -0.1) is 0 Å². The third kappa shape index (κ3) is 2.52. The number of nitrogens with zero attached hydrogens (tertiary/aromatic N) is 3. The zero-order chi connectivity index (χ0) is 13.3. The van der Waals surface area contributed by atoms with Crippen LogP contribution in [0.1, 0.15) is 35.9 Å². The first kappa shape index (κ1) is 12.6. The third-order valence-corrected chi connectivity index (χ3v) is 2.97. The molecule has 1 aromatic heterocycles. The summed E-state index contributed by atoms with van der Waals surface area (Å²) < 4.78 is 1.62. The highest BCUT2D eigenvalue weighted by atomic mass is 16.4. The number of aliphatic carboxylic acids is 1. The van der Waals surface area contributed by atoms with E-state index in [2.05, 4.69) is 5.10 Å². The predicted octanol–water partition coefficient (Wildman–Crippen LogP) is 0.901. The van der Waals surface area contributed by atoms with Gasteiger partial charge in [0.25, 0.3) is 5.91 Å². The number of hydrogen-bond donors (Lipinski definition) is 1. The van der Waals surface area contributed by atoms with Crippen LogP contribution in [0.25, 0.3) is 0 Å². The Hall–Kier alpha value is -1.85. The molecule has 1 saturated carbocycles. The van der Waals surface area contributed by atoms with Gasteiger partial charge in [-0.05, 0) is 32.8 Å². The monoisotopic (exact) mass is 251 g/mol. The van der Waals surface area contributed by atoms with Crippen LogP contribution < -0.4 is 0 Å². The summed E-state index contributed by atoms with van der Waals surface area (Å²) in [6.07, 6.45) is 1.77. The summed E-state index contributed by atoms with van der Waals surface area (Å²) in [7, 11) is 0. The Labute approximate surface area is 105 Å². The van der Waals surface area contributed by atoms with Gasteiger partial charge in [0.2, 0.25) is 0 Å². The molecule has 0 unspecified atom stereocenters. The standard InChI is InChI=1S/C12H17N3O3/c1-3-15-10(6-8(2)13-15)12(18)14(7-11(16)17)9-4-5-9/h6,9H,3-5,7H2,1-2H3,(H,16,17). The van der Waals surface area contributed by atoms with Crippen LogP contribution in [0.4, 0.5) is 0 Å².